The zero-order valence-corrected chi connectivity index (χ0v) is 13.1. The van der Waals surface area contributed by atoms with Crippen LogP contribution in [0.5, 0.6) is 0 Å². The Morgan fingerprint density at radius 2 is 1.96 bits per heavy atom. The highest BCUT2D eigenvalue weighted by Gasteiger charge is 2.20. The van der Waals surface area contributed by atoms with E-state index in [1.807, 2.05) is 30.3 Å². The zero-order chi connectivity index (χ0) is 17.1. The molecule has 0 unspecified atom stereocenters. The lowest BCUT2D eigenvalue weighted by Crippen LogP contribution is -2.04. The van der Waals surface area contributed by atoms with Gasteiger partial charge in [-0.25, -0.2) is 4.79 Å². The van der Waals surface area contributed by atoms with Crippen molar-refractivity contribution in [3.05, 3.63) is 75.5 Å². The number of esters is 1. The average molecular weight is 324 g/mol. The number of benzene rings is 2. The summed E-state index contributed by atoms with van der Waals surface area (Å²) in [5.41, 5.74) is 2.50. The fraction of sp³-hybridized carbons (Fsp3) is 0.167. The number of carbonyl (C=O) groups is 1. The third-order valence-corrected chi connectivity index (χ3v) is 3.79. The molecule has 122 valence electrons. The summed E-state index contributed by atoms with van der Waals surface area (Å²) in [6.07, 6.45) is 0.620. The second kappa shape index (κ2) is 6.54. The molecule has 0 atom stereocenters. The molecule has 1 aromatic heterocycles. The number of aromatic nitrogens is 1. The Morgan fingerprint density at radius 1 is 1.21 bits per heavy atom. The Balaban J connectivity index is 2.11. The minimum absolute atomic E-state index is 0.0580. The van der Waals surface area contributed by atoms with Gasteiger partial charge in [-0.05, 0) is 30.5 Å². The van der Waals surface area contributed by atoms with Gasteiger partial charge in [-0.1, -0.05) is 36.4 Å². The Hall–Kier alpha value is -3.15. The lowest BCUT2D eigenvalue weighted by atomic mass is 10.0. The standard InChI is InChI=1S/C18H16N2O4/c1-2-24-18(21)15-11-14-13(10-12-6-4-3-5-7-12)8-9-16(20(22)23)17(14)19-15/h3-9,11,19H,2,10H2,1H3. The lowest BCUT2D eigenvalue weighted by molar-refractivity contribution is -0.383. The van der Waals surface area contributed by atoms with Crippen LogP contribution in [-0.2, 0) is 11.2 Å². The second-order valence-corrected chi connectivity index (χ2v) is 5.36. The molecule has 0 saturated heterocycles. The largest absolute Gasteiger partial charge is 0.461 e. The normalized spacial score (nSPS) is 10.7. The third kappa shape index (κ3) is 2.99. The van der Waals surface area contributed by atoms with Crippen LogP contribution in [0, 0.1) is 10.1 Å². The van der Waals surface area contributed by atoms with Gasteiger partial charge in [0.1, 0.15) is 11.2 Å². The molecule has 3 rings (SSSR count). The first kappa shape index (κ1) is 15.7. The number of non-ortho nitro benzene ring substituents is 1. The van der Waals surface area contributed by atoms with Crippen LogP contribution in [0.1, 0.15) is 28.5 Å². The Kier molecular flexibility index (Phi) is 4.29. The minimum atomic E-state index is -0.520. The molecule has 0 aliphatic rings. The highest BCUT2D eigenvalue weighted by Crippen LogP contribution is 2.30. The number of ether oxygens (including phenoxy) is 1. The van der Waals surface area contributed by atoms with Gasteiger partial charge in [0.15, 0.2) is 0 Å². The summed E-state index contributed by atoms with van der Waals surface area (Å²) in [5.74, 6) is -0.520. The quantitative estimate of drug-likeness (QED) is 0.439. The highest BCUT2D eigenvalue weighted by molar-refractivity contribution is 5.99. The number of hydrogen-bond donors (Lipinski definition) is 1. The molecule has 0 aliphatic heterocycles. The summed E-state index contributed by atoms with van der Waals surface area (Å²) in [6, 6.07) is 14.6. The van der Waals surface area contributed by atoms with E-state index in [2.05, 4.69) is 4.98 Å². The van der Waals surface area contributed by atoms with Gasteiger partial charge in [-0.3, -0.25) is 10.1 Å². The number of aromatic amines is 1. The SMILES string of the molecule is CCOC(=O)c1cc2c(Cc3ccccc3)ccc([N+](=O)[O-])c2[nH]1. The lowest BCUT2D eigenvalue weighted by Gasteiger charge is -2.04. The molecule has 0 fully saturated rings. The van der Waals surface area contributed by atoms with Gasteiger partial charge in [0.25, 0.3) is 5.69 Å². The monoisotopic (exact) mass is 324 g/mol. The molecule has 0 aliphatic carbocycles. The van der Waals surface area contributed by atoms with E-state index < -0.39 is 10.9 Å². The highest BCUT2D eigenvalue weighted by atomic mass is 16.6. The van der Waals surface area contributed by atoms with Crippen LogP contribution in [0.2, 0.25) is 0 Å². The van der Waals surface area contributed by atoms with E-state index in [1.54, 1.807) is 19.1 Å². The smallest absolute Gasteiger partial charge is 0.354 e. The van der Waals surface area contributed by atoms with E-state index >= 15 is 0 Å². The number of nitrogens with one attached hydrogen (secondary N) is 1. The average Bonchev–Trinajstić information content (AvgIpc) is 3.01. The summed E-state index contributed by atoms with van der Waals surface area (Å²) in [4.78, 5) is 25.6. The minimum Gasteiger partial charge on any atom is -0.461 e. The van der Waals surface area contributed by atoms with E-state index in [0.717, 1.165) is 11.1 Å². The van der Waals surface area contributed by atoms with Crippen molar-refractivity contribution >= 4 is 22.6 Å². The van der Waals surface area contributed by atoms with Crippen molar-refractivity contribution in [1.82, 2.24) is 4.98 Å². The number of hydrogen-bond acceptors (Lipinski definition) is 4. The zero-order valence-electron chi connectivity index (χ0n) is 13.1. The van der Waals surface area contributed by atoms with Crippen molar-refractivity contribution in [1.29, 1.82) is 0 Å². The molecule has 3 aromatic rings. The molecule has 1 N–H and O–H groups in total. The van der Waals surface area contributed by atoms with Crippen LogP contribution in [0.4, 0.5) is 5.69 Å². The van der Waals surface area contributed by atoms with Crippen LogP contribution in [0.3, 0.4) is 0 Å². The summed E-state index contributed by atoms with van der Waals surface area (Å²) >= 11 is 0. The van der Waals surface area contributed by atoms with Crippen molar-refractivity contribution in [3.8, 4) is 0 Å². The fourth-order valence-electron chi connectivity index (χ4n) is 2.70. The van der Waals surface area contributed by atoms with Crippen LogP contribution >= 0.6 is 0 Å². The molecular formula is C18H16N2O4. The van der Waals surface area contributed by atoms with E-state index in [1.165, 1.54) is 6.07 Å². The molecule has 0 bridgehead atoms. The Bertz CT molecular complexity index is 900. The number of rotatable bonds is 5. The summed E-state index contributed by atoms with van der Waals surface area (Å²) < 4.78 is 4.98. The van der Waals surface area contributed by atoms with Crippen LogP contribution in [0.15, 0.2) is 48.5 Å². The second-order valence-electron chi connectivity index (χ2n) is 5.36. The Labute approximate surface area is 138 Å². The van der Waals surface area contributed by atoms with Crippen molar-refractivity contribution < 1.29 is 14.5 Å². The number of carbonyl (C=O) groups excluding carboxylic acids is 1. The first-order chi connectivity index (χ1) is 11.6. The molecule has 0 amide bonds. The van der Waals surface area contributed by atoms with Crippen molar-refractivity contribution in [3.63, 3.8) is 0 Å². The first-order valence-corrected chi connectivity index (χ1v) is 7.60. The van der Waals surface area contributed by atoms with Crippen LogP contribution in [0.25, 0.3) is 10.9 Å². The van der Waals surface area contributed by atoms with Crippen LogP contribution in [-0.4, -0.2) is 22.5 Å². The molecular weight excluding hydrogens is 308 g/mol. The molecule has 0 saturated carbocycles. The number of nitro groups is 1. The van der Waals surface area contributed by atoms with Gasteiger partial charge in [0.2, 0.25) is 0 Å². The van der Waals surface area contributed by atoms with Gasteiger partial charge >= 0.3 is 5.97 Å². The predicted molar refractivity (Wildman–Crippen MR) is 90.2 cm³/mol. The van der Waals surface area contributed by atoms with Gasteiger partial charge in [-0.15, -0.1) is 0 Å². The maximum Gasteiger partial charge on any atom is 0.354 e. The number of fused-ring (bicyclic) bond motifs is 1. The molecule has 24 heavy (non-hydrogen) atoms. The van der Waals surface area contributed by atoms with Gasteiger partial charge in [0.05, 0.1) is 11.5 Å². The van der Waals surface area contributed by atoms with Crippen LogP contribution < -0.4 is 0 Å². The first-order valence-electron chi connectivity index (χ1n) is 7.60. The molecule has 0 radical (unpaired) electrons. The van der Waals surface area contributed by atoms with Gasteiger partial charge in [-0.2, -0.15) is 0 Å². The maximum atomic E-state index is 11.9. The Morgan fingerprint density at radius 3 is 2.62 bits per heavy atom. The van der Waals surface area contributed by atoms with Gasteiger partial charge < -0.3 is 9.72 Å². The number of H-pyrrole nitrogens is 1. The number of nitro benzene ring substituents is 1. The van der Waals surface area contributed by atoms with Crippen molar-refractivity contribution in [2.45, 2.75) is 13.3 Å². The van der Waals surface area contributed by atoms with E-state index in [0.29, 0.717) is 17.3 Å². The van der Waals surface area contributed by atoms with E-state index in [4.69, 9.17) is 4.74 Å². The molecule has 1 heterocycles. The van der Waals surface area contributed by atoms with Crippen molar-refractivity contribution in [2.24, 2.45) is 0 Å². The van der Waals surface area contributed by atoms with E-state index in [-0.39, 0.29) is 18.0 Å². The summed E-state index contributed by atoms with van der Waals surface area (Å²) in [6.45, 7) is 1.96. The van der Waals surface area contributed by atoms with Crippen molar-refractivity contribution in [2.75, 3.05) is 6.61 Å². The fourth-order valence-corrected chi connectivity index (χ4v) is 2.70. The third-order valence-electron chi connectivity index (χ3n) is 3.79. The molecule has 6 heteroatoms. The summed E-state index contributed by atoms with van der Waals surface area (Å²) in [5, 5.41) is 11.9. The van der Waals surface area contributed by atoms with E-state index in [9.17, 15) is 14.9 Å². The molecule has 6 nitrogen and oxygen atoms in total. The predicted octanol–water partition coefficient (Wildman–Crippen LogP) is 3.84. The topological polar surface area (TPSA) is 85.2 Å². The number of nitrogens with zero attached hydrogens (tertiary/aromatic N) is 1. The molecule has 2 aromatic carbocycles. The van der Waals surface area contributed by atoms with Gasteiger partial charge in [0, 0.05) is 11.5 Å². The summed E-state index contributed by atoms with van der Waals surface area (Å²) in [7, 11) is 0. The maximum absolute atomic E-state index is 11.9. The molecule has 0 spiro atoms.